The number of carbonyl (C=O) groups excluding carboxylic acids is 1. The van der Waals surface area contributed by atoms with E-state index in [0.29, 0.717) is 10.9 Å². The molecule has 1 unspecified atom stereocenters. The molecule has 2 heterocycles. The summed E-state index contributed by atoms with van der Waals surface area (Å²) in [6.45, 7) is 1.84. The molecule has 1 aliphatic rings. The van der Waals surface area contributed by atoms with Gasteiger partial charge in [-0.2, -0.15) is 0 Å². The molecule has 0 spiro atoms. The second-order valence-electron chi connectivity index (χ2n) is 6.10. The van der Waals surface area contributed by atoms with Crippen molar-refractivity contribution in [2.75, 3.05) is 9.80 Å². The third-order valence-electron chi connectivity index (χ3n) is 4.33. The van der Waals surface area contributed by atoms with Crippen molar-refractivity contribution in [1.82, 2.24) is 4.98 Å². The van der Waals surface area contributed by atoms with Gasteiger partial charge in [0.1, 0.15) is 23.4 Å². The van der Waals surface area contributed by atoms with Gasteiger partial charge in [-0.05, 0) is 67.7 Å². The number of carbonyl (C=O) groups is 1. The fourth-order valence-electron chi connectivity index (χ4n) is 3.00. The second kappa shape index (κ2) is 7.17. The molecule has 0 aliphatic carbocycles. The van der Waals surface area contributed by atoms with Crippen LogP contribution in [0.2, 0.25) is 0 Å². The first-order valence-corrected chi connectivity index (χ1v) is 8.97. The highest BCUT2D eigenvalue weighted by atomic mass is 32.1. The van der Waals surface area contributed by atoms with E-state index >= 15 is 0 Å². The normalized spacial score (nSPS) is 16.7. The summed E-state index contributed by atoms with van der Waals surface area (Å²) < 4.78 is 5.82. The molecule has 0 saturated carbocycles. The molecule has 134 valence electrons. The minimum Gasteiger partial charge on any atom is -0.457 e. The SMILES string of the molecule is CC1C(=O)N(c2ccccn2)C(=S)N1c1ccc(Oc2ccccc2)cc1. The van der Waals surface area contributed by atoms with E-state index in [4.69, 9.17) is 17.0 Å². The summed E-state index contributed by atoms with van der Waals surface area (Å²) in [6, 6.07) is 22.1. The van der Waals surface area contributed by atoms with Crippen molar-refractivity contribution in [3.05, 3.63) is 79.0 Å². The lowest BCUT2D eigenvalue weighted by atomic mass is 10.2. The van der Waals surface area contributed by atoms with Gasteiger partial charge in [-0.25, -0.2) is 9.88 Å². The van der Waals surface area contributed by atoms with E-state index in [0.717, 1.165) is 17.2 Å². The van der Waals surface area contributed by atoms with Crippen LogP contribution < -0.4 is 14.5 Å². The van der Waals surface area contributed by atoms with Crippen molar-refractivity contribution < 1.29 is 9.53 Å². The van der Waals surface area contributed by atoms with Crippen molar-refractivity contribution >= 4 is 34.7 Å². The highest BCUT2D eigenvalue weighted by Crippen LogP contribution is 2.31. The highest BCUT2D eigenvalue weighted by Gasteiger charge is 2.41. The van der Waals surface area contributed by atoms with Gasteiger partial charge in [-0.1, -0.05) is 24.3 Å². The van der Waals surface area contributed by atoms with Crippen LogP contribution in [0.1, 0.15) is 6.92 Å². The molecular weight excluding hydrogens is 358 g/mol. The largest absolute Gasteiger partial charge is 0.457 e. The molecule has 0 N–H and O–H groups in total. The lowest BCUT2D eigenvalue weighted by molar-refractivity contribution is -0.117. The van der Waals surface area contributed by atoms with E-state index in [1.807, 2.05) is 72.5 Å². The molecule has 1 fully saturated rings. The van der Waals surface area contributed by atoms with E-state index < -0.39 is 6.04 Å². The molecule has 1 aliphatic heterocycles. The van der Waals surface area contributed by atoms with Crippen LogP contribution in [0.3, 0.4) is 0 Å². The summed E-state index contributed by atoms with van der Waals surface area (Å²) in [7, 11) is 0. The lowest BCUT2D eigenvalue weighted by Crippen LogP contribution is -2.33. The number of rotatable bonds is 4. The summed E-state index contributed by atoms with van der Waals surface area (Å²) >= 11 is 5.58. The van der Waals surface area contributed by atoms with Gasteiger partial charge in [0.2, 0.25) is 0 Å². The first-order chi connectivity index (χ1) is 13.1. The van der Waals surface area contributed by atoms with Crippen molar-refractivity contribution in [2.24, 2.45) is 0 Å². The minimum absolute atomic E-state index is 0.0942. The Kier molecular flexibility index (Phi) is 4.56. The Morgan fingerprint density at radius 1 is 0.926 bits per heavy atom. The Hall–Kier alpha value is -3.25. The van der Waals surface area contributed by atoms with Gasteiger partial charge < -0.3 is 9.64 Å². The third kappa shape index (κ3) is 3.27. The maximum Gasteiger partial charge on any atom is 0.257 e. The summed E-state index contributed by atoms with van der Waals surface area (Å²) in [6.07, 6.45) is 1.65. The minimum atomic E-state index is -0.402. The van der Waals surface area contributed by atoms with E-state index in [-0.39, 0.29) is 5.91 Å². The van der Waals surface area contributed by atoms with Crippen LogP contribution in [0.15, 0.2) is 79.0 Å². The number of pyridine rings is 1. The van der Waals surface area contributed by atoms with Gasteiger partial charge in [0, 0.05) is 11.9 Å². The zero-order chi connectivity index (χ0) is 18.8. The standard InChI is InChI=1S/C21H17N3O2S/c1-15-20(25)24(19-9-5-6-14-22-19)21(27)23(15)16-10-12-18(13-11-16)26-17-7-3-2-4-8-17/h2-15H,1H3. The van der Waals surface area contributed by atoms with Crippen LogP contribution in [0, 0.1) is 0 Å². The van der Waals surface area contributed by atoms with Gasteiger partial charge in [0.25, 0.3) is 5.91 Å². The second-order valence-corrected chi connectivity index (χ2v) is 6.46. The van der Waals surface area contributed by atoms with Crippen molar-refractivity contribution in [2.45, 2.75) is 13.0 Å². The number of thiocarbonyl (C=S) groups is 1. The number of hydrogen-bond donors (Lipinski definition) is 0. The summed E-state index contributed by atoms with van der Waals surface area (Å²) in [5.74, 6) is 1.93. The first-order valence-electron chi connectivity index (χ1n) is 8.56. The molecule has 1 aromatic heterocycles. The van der Waals surface area contributed by atoms with Crippen LogP contribution in [0.25, 0.3) is 0 Å². The molecule has 4 rings (SSSR count). The number of para-hydroxylation sites is 1. The number of anilines is 2. The number of ether oxygens (including phenoxy) is 1. The highest BCUT2D eigenvalue weighted by molar-refractivity contribution is 7.81. The van der Waals surface area contributed by atoms with E-state index in [9.17, 15) is 4.79 Å². The number of hydrogen-bond acceptors (Lipinski definition) is 4. The van der Waals surface area contributed by atoms with Gasteiger partial charge in [-0.3, -0.25) is 4.79 Å². The van der Waals surface area contributed by atoms with E-state index in [1.165, 1.54) is 4.90 Å². The summed E-state index contributed by atoms with van der Waals surface area (Å²) in [5, 5.41) is 0.419. The lowest BCUT2D eigenvalue weighted by Gasteiger charge is -2.22. The van der Waals surface area contributed by atoms with Gasteiger partial charge in [-0.15, -0.1) is 0 Å². The molecule has 5 nitrogen and oxygen atoms in total. The Morgan fingerprint density at radius 2 is 1.59 bits per heavy atom. The van der Waals surface area contributed by atoms with Crippen LogP contribution in [0.4, 0.5) is 11.5 Å². The maximum absolute atomic E-state index is 12.7. The zero-order valence-corrected chi connectivity index (χ0v) is 15.5. The van der Waals surface area contributed by atoms with Crippen LogP contribution in [-0.4, -0.2) is 22.0 Å². The van der Waals surface area contributed by atoms with Crippen LogP contribution in [-0.2, 0) is 4.79 Å². The summed E-state index contributed by atoms with van der Waals surface area (Å²) in [4.78, 5) is 20.3. The monoisotopic (exact) mass is 375 g/mol. The number of aromatic nitrogens is 1. The third-order valence-corrected chi connectivity index (χ3v) is 4.71. The molecule has 0 radical (unpaired) electrons. The first kappa shape index (κ1) is 17.2. The smallest absolute Gasteiger partial charge is 0.257 e. The molecule has 3 aromatic rings. The predicted molar refractivity (Wildman–Crippen MR) is 109 cm³/mol. The fraction of sp³-hybridized carbons (Fsp3) is 0.0952. The molecule has 1 amide bonds. The van der Waals surface area contributed by atoms with Crippen LogP contribution >= 0.6 is 12.2 Å². The molecule has 0 bridgehead atoms. The Bertz CT molecular complexity index is 962. The molecular formula is C21H17N3O2S. The Morgan fingerprint density at radius 3 is 2.26 bits per heavy atom. The predicted octanol–water partition coefficient (Wildman–Crippen LogP) is 4.40. The average Bonchev–Trinajstić information content (AvgIpc) is 2.93. The maximum atomic E-state index is 12.7. The van der Waals surface area contributed by atoms with Gasteiger partial charge >= 0.3 is 0 Å². The fourth-order valence-corrected chi connectivity index (χ4v) is 3.44. The van der Waals surface area contributed by atoms with Crippen molar-refractivity contribution in [1.29, 1.82) is 0 Å². The number of nitrogens with zero attached hydrogens (tertiary/aromatic N) is 3. The zero-order valence-electron chi connectivity index (χ0n) is 14.6. The molecule has 1 atom stereocenters. The quantitative estimate of drug-likeness (QED) is 0.633. The molecule has 1 saturated heterocycles. The topological polar surface area (TPSA) is 45.7 Å². The van der Waals surface area contributed by atoms with E-state index in [1.54, 1.807) is 18.3 Å². The number of amides is 1. The molecule has 2 aromatic carbocycles. The van der Waals surface area contributed by atoms with Gasteiger partial charge in [0.05, 0.1) is 0 Å². The van der Waals surface area contributed by atoms with Crippen molar-refractivity contribution in [3.8, 4) is 11.5 Å². The van der Waals surface area contributed by atoms with Crippen LogP contribution in [0.5, 0.6) is 11.5 Å². The Balaban J connectivity index is 1.58. The van der Waals surface area contributed by atoms with E-state index in [2.05, 4.69) is 4.98 Å². The summed E-state index contributed by atoms with van der Waals surface area (Å²) in [5.41, 5.74) is 0.833. The van der Waals surface area contributed by atoms with Crippen molar-refractivity contribution in [3.63, 3.8) is 0 Å². The molecule has 27 heavy (non-hydrogen) atoms. The Labute approximate surface area is 162 Å². The van der Waals surface area contributed by atoms with Gasteiger partial charge in [0.15, 0.2) is 5.11 Å². The number of benzene rings is 2. The average molecular weight is 375 g/mol. The molecule has 6 heteroatoms.